The Hall–Kier alpha value is -3.82. The van der Waals surface area contributed by atoms with Crippen molar-refractivity contribution in [3.05, 3.63) is 70.6 Å². The van der Waals surface area contributed by atoms with Crippen molar-refractivity contribution in [3.63, 3.8) is 0 Å². The SMILES string of the molecule is CCCn1cc(-n2c(CC)c(C(=O)Nc3cccc(C(=O)NO)c3)c3cc(OC)c(Cl)cc32)cn1. The first-order chi connectivity index (χ1) is 16.9. The number of hydrogen-bond acceptors (Lipinski definition) is 5. The third-order valence-corrected chi connectivity index (χ3v) is 6.01. The van der Waals surface area contributed by atoms with Gasteiger partial charge in [-0.25, -0.2) is 5.48 Å². The number of nitrogens with zero attached hydrogens (tertiary/aromatic N) is 3. The number of ether oxygens (including phenoxy) is 1. The highest BCUT2D eigenvalue weighted by atomic mass is 35.5. The van der Waals surface area contributed by atoms with Gasteiger partial charge in [-0.2, -0.15) is 5.10 Å². The highest BCUT2D eigenvalue weighted by molar-refractivity contribution is 6.33. The Kier molecular flexibility index (Phi) is 7.09. The summed E-state index contributed by atoms with van der Waals surface area (Å²) in [6.45, 7) is 4.83. The minimum absolute atomic E-state index is 0.209. The normalized spacial score (nSPS) is 11.0. The number of fused-ring (bicyclic) bond motifs is 1. The van der Waals surface area contributed by atoms with Crippen molar-refractivity contribution in [3.8, 4) is 11.4 Å². The van der Waals surface area contributed by atoms with E-state index in [9.17, 15) is 9.59 Å². The molecule has 0 aliphatic heterocycles. The number of hydroxylamine groups is 1. The molecule has 9 nitrogen and oxygen atoms in total. The van der Waals surface area contributed by atoms with Crippen molar-refractivity contribution in [2.45, 2.75) is 33.2 Å². The van der Waals surface area contributed by atoms with E-state index in [0.29, 0.717) is 33.8 Å². The minimum Gasteiger partial charge on any atom is -0.495 e. The van der Waals surface area contributed by atoms with E-state index in [1.54, 1.807) is 35.9 Å². The van der Waals surface area contributed by atoms with E-state index < -0.39 is 5.91 Å². The Morgan fingerprint density at radius 3 is 2.66 bits per heavy atom. The highest BCUT2D eigenvalue weighted by Crippen LogP contribution is 2.37. The zero-order valence-corrected chi connectivity index (χ0v) is 20.4. The zero-order valence-electron chi connectivity index (χ0n) is 19.6. The Balaban J connectivity index is 1.88. The van der Waals surface area contributed by atoms with Gasteiger partial charge in [0.15, 0.2) is 0 Å². The van der Waals surface area contributed by atoms with E-state index in [4.69, 9.17) is 21.5 Å². The van der Waals surface area contributed by atoms with Gasteiger partial charge in [0.05, 0.1) is 35.1 Å². The largest absolute Gasteiger partial charge is 0.495 e. The zero-order chi connectivity index (χ0) is 25.1. The van der Waals surface area contributed by atoms with E-state index in [1.165, 1.54) is 19.2 Å². The molecule has 4 rings (SSSR count). The molecule has 35 heavy (non-hydrogen) atoms. The number of benzene rings is 2. The number of nitrogens with one attached hydrogen (secondary N) is 2. The molecule has 2 amide bonds. The van der Waals surface area contributed by atoms with E-state index in [-0.39, 0.29) is 11.5 Å². The lowest BCUT2D eigenvalue weighted by Gasteiger charge is -2.10. The van der Waals surface area contributed by atoms with Crippen LogP contribution in [0.4, 0.5) is 5.69 Å². The van der Waals surface area contributed by atoms with Crippen LogP contribution >= 0.6 is 11.6 Å². The van der Waals surface area contributed by atoms with E-state index in [0.717, 1.165) is 29.9 Å². The fourth-order valence-corrected chi connectivity index (χ4v) is 4.43. The number of methoxy groups -OCH3 is 1. The summed E-state index contributed by atoms with van der Waals surface area (Å²) in [4.78, 5) is 25.4. The van der Waals surface area contributed by atoms with Gasteiger partial charge in [0.25, 0.3) is 11.8 Å². The molecule has 0 saturated carbocycles. The molecular weight excluding hydrogens is 470 g/mol. The summed E-state index contributed by atoms with van der Waals surface area (Å²) in [5, 5.41) is 17.4. The van der Waals surface area contributed by atoms with Crippen molar-refractivity contribution in [1.82, 2.24) is 19.8 Å². The van der Waals surface area contributed by atoms with Crippen molar-refractivity contribution in [1.29, 1.82) is 0 Å². The summed E-state index contributed by atoms with van der Waals surface area (Å²) in [7, 11) is 1.52. The van der Waals surface area contributed by atoms with Gasteiger partial charge < -0.3 is 14.6 Å². The number of carbonyl (C=O) groups excluding carboxylic acids is 2. The van der Waals surface area contributed by atoms with Gasteiger partial charge >= 0.3 is 0 Å². The van der Waals surface area contributed by atoms with Crippen LogP contribution in [0.3, 0.4) is 0 Å². The minimum atomic E-state index is -0.671. The Morgan fingerprint density at radius 1 is 1.17 bits per heavy atom. The van der Waals surface area contributed by atoms with Crippen LogP contribution in [0.2, 0.25) is 5.02 Å². The maximum Gasteiger partial charge on any atom is 0.274 e. The lowest BCUT2D eigenvalue weighted by Crippen LogP contribution is -2.19. The molecule has 182 valence electrons. The van der Waals surface area contributed by atoms with Gasteiger partial charge in [0.1, 0.15) is 5.75 Å². The van der Waals surface area contributed by atoms with E-state index in [2.05, 4.69) is 17.3 Å². The van der Waals surface area contributed by atoms with Gasteiger partial charge in [-0.3, -0.25) is 19.5 Å². The number of carbonyl (C=O) groups is 2. The van der Waals surface area contributed by atoms with Crippen molar-refractivity contribution >= 4 is 40.0 Å². The lowest BCUT2D eigenvalue weighted by atomic mass is 10.1. The molecule has 4 aromatic rings. The average molecular weight is 496 g/mol. The summed E-state index contributed by atoms with van der Waals surface area (Å²) in [6.07, 6.45) is 5.21. The predicted octanol–water partition coefficient (Wildman–Crippen LogP) is 4.83. The van der Waals surface area contributed by atoms with Crippen molar-refractivity contribution < 1.29 is 19.5 Å². The Bertz CT molecular complexity index is 1410. The van der Waals surface area contributed by atoms with Crippen LogP contribution in [0.1, 0.15) is 46.7 Å². The van der Waals surface area contributed by atoms with Crippen LogP contribution in [0.15, 0.2) is 48.8 Å². The molecule has 2 heterocycles. The van der Waals surface area contributed by atoms with Gasteiger partial charge in [-0.05, 0) is 43.2 Å². The highest BCUT2D eigenvalue weighted by Gasteiger charge is 2.25. The monoisotopic (exact) mass is 495 g/mol. The predicted molar refractivity (Wildman–Crippen MR) is 134 cm³/mol. The number of hydrogen-bond donors (Lipinski definition) is 3. The van der Waals surface area contributed by atoms with Crippen molar-refractivity contribution in [2.24, 2.45) is 0 Å². The third-order valence-electron chi connectivity index (χ3n) is 5.72. The summed E-state index contributed by atoms with van der Waals surface area (Å²) in [5.74, 6) is -0.566. The molecule has 0 spiro atoms. The van der Waals surface area contributed by atoms with Gasteiger partial charge in [-0.1, -0.05) is 31.5 Å². The smallest absolute Gasteiger partial charge is 0.274 e. The molecule has 0 aliphatic carbocycles. The molecule has 2 aromatic heterocycles. The molecule has 0 bridgehead atoms. The summed E-state index contributed by atoms with van der Waals surface area (Å²) in [6, 6.07) is 9.85. The lowest BCUT2D eigenvalue weighted by molar-refractivity contribution is 0.0706. The number of halogens is 1. The van der Waals surface area contributed by atoms with Gasteiger partial charge in [-0.15, -0.1) is 0 Å². The van der Waals surface area contributed by atoms with Crippen molar-refractivity contribution in [2.75, 3.05) is 12.4 Å². The summed E-state index contributed by atoms with van der Waals surface area (Å²) < 4.78 is 9.28. The van der Waals surface area contributed by atoms with Crippen LogP contribution < -0.4 is 15.5 Å². The first kappa shape index (κ1) is 24.3. The quantitative estimate of drug-likeness (QED) is 0.239. The number of aromatic nitrogens is 3. The molecule has 0 unspecified atom stereocenters. The molecule has 0 saturated heterocycles. The molecule has 0 fully saturated rings. The third kappa shape index (κ3) is 4.60. The van der Waals surface area contributed by atoms with Gasteiger partial charge in [0.2, 0.25) is 0 Å². The molecule has 0 radical (unpaired) electrons. The van der Waals surface area contributed by atoms with Crippen LogP contribution in [0.5, 0.6) is 5.75 Å². The molecule has 2 aromatic carbocycles. The summed E-state index contributed by atoms with van der Waals surface area (Å²) in [5.41, 5.74) is 5.04. The average Bonchev–Trinajstić information content (AvgIpc) is 3.44. The second-order valence-corrected chi connectivity index (χ2v) is 8.36. The molecule has 0 aliphatic rings. The van der Waals surface area contributed by atoms with Crippen LogP contribution in [-0.2, 0) is 13.0 Å². The first-order valence-corrected chi connectivity index (χ1v) is 11.6. The maximum atomic E-state index is 13.6. The second-order valence-electron chi connectivity index (χ2n) is 7.95. The van der Waals surface area contributed by atoms with Gasteiger partial charge in [0, 0.05) is 35.1 Å². The number of amides is 2. The van der Waals surface area contributed by atoms with E-state index in [1.807, 2.05) is 22.4 Å². The summed E-state index contributed by atoms with van der Waals surface area (Å²) >= 11 is 6.47. The fourth-order valence-electron chi connectivity index (χ4n) is 4.20. The fraction of sp³-hybridized carbons (Fsp3) is 0.240. The molecule has 10 heteroatoms. The topological polar surface area (TPSA) is 110 Å². The number of aryl methyl sites for hydroxylation is 1. The molecule has 0 atom stereocenters. The van der Waals surface area contributed by atoms with Crippen LogP contribution in [0.25, 0.3) is 16.6 Å². The Morgan fingerprint density at radius 2 is 1.97 bits per heavy atom. The molecular formula is C25H26ClN5O4. The second kappa shape index (κ2) is 10.2. The van der Waals surface area contributed by atoms with Crippen LogP contribution in [-0.4, -0.2) is 38.5 Å². The maximum absolute atomic E-state index is 13.6. The number of rotatable bonds is 8. The van der Waals surface area contributed by atoms with Crippen LogP contribution in [0, 0.1) is 0 Å². The standard InChI is InChI=1S/C25H26ClN5O4/c1-4-9-30-14-17(13-27-30)31-20(5-2)23(18-11-22(35-3)19(26)12-21(18)31)25(33)28-16-8-6-7-15(10-16)24(32)29-34/h6-8,10-14,34H,4-5,9H2,1-3H3,(H,28,33)(H,29,32). The Labute approximate surface area is 207 Å². The first-order valence-electron chi connectivity index (χ1n) is 11.2. The number of anilines is 1. The van der Waals surface area contributed by atoms with E-state index >= 15 is 0 Å². The molecule has 3 N–H and O–H groups in total.